The molecule has 1 aromatic rings. The topological polar surface area (TPSA) is 75.5 Å². The number of amides is 1. The van der Waals surface area contributed by atoms with Crippen LogP contribution < -0.4 is 5.32 Å². The number of nitrogens with one attached hydrogen (secondary N) is 1. The molecule has 1 fully saturated rings. The van der Waals surface area contributed by atoms with Crippen LogP contribution in [-0.2, 0) is 0 Å². The maximum Gasteiger partial charge on any atom is 0.270 e. The van der Waals surface area contributed by atoms with Crippen LogP contribution >= 0.6 is 0 Å². The summed E-state index contributed by atoms with van der Waals surface area (Å²) in [6, 6.07) is 6.17. The fourth-order valence-corrected chi connectivity index (χ4v) is 2.30. The fourth-order valence-electron chi connectivity index (χ4n) is 2.30. The van der Waals surface area contributed by atoms with Gasteiger partial charge in [0.25, 0.3) is 11.6 Å². The minimum atomic E-state index is -0.491. The van der Waals surface area contributed by atoms with Gasteiger partial charge in [0.05, 0.1) is 4.92 Å². The third-order valence-electron chi connectivity index (χ3n) is 3.31. The lowest BCUT2D eigenvalue weighted by Gasteiger charge is -2.21. The van der Waals surface area contributed by atoms with E-state index in [1.165, 1.54) is 18.2 Å². The molecule has 1 N–H and O–H groups in total. The van der Waals surface area contributed by atoms with Crippen LogP contribution in [0.25, 0.3) is 0 Å². The summed E-state index contributed by atoms with van der Waals surface area (Å²) in [5, 5.41) is 14.0. The van der Waals surface area contributed by atoms with Crippen LogP contribution in [0.1, 0.15) is 23.2 Å². The van der Waals surface area contributed by atoms with E-state index in [0.717, 1.165) is 19.4 Å². The molecule has 6 heteroatoms. The molecular weight excluding hydrogens is 246 g/mol. The third kappa shape index (κ3) is 3.29. The van der Waals surface area contributed by atoms with Gasteiger partial charge in [-0.05, 0) is 25.5 Å². The molecule has 0 bridgehead atoms. The second-order valence-electron chi connectivity index (χ2n) is 4.79. The molecule has 1 heterocycles. The molecule has 1 aromatic carbocycles. The first-order valence-corrected chi connectivity index (χ1v) is 6.31. The van der Waals surface area contributed by atoms with E-state index in [1.807, 2.05) is 0 Å². The number of hydrogen-bond acceptors (Lipinski definition) is 4. The van der Waals surface area contributed by atoms with Gasteiger partial charge < -0.3 is 10.2 Å². The fraction of sp³-hybridized carbons (Fsp3) is 0.462. The largest absolute Gasteiger partial charge is 0.340 e. The first kappa shape index (κ1) is 13.5. The number of benzene rings is 1. The molecular formula is C13H17N3O3. The molecule has 1 aliphatic heterocycles. The number of nitrogens with zero attached hydrogens (tertiary/aromatic N) is 2. The van der Waals surface area contributed by atoms with E-state index in [-0.39, 0.29) is 11.6 Å². The standard InChI is InChI=1S/C13H17N3O3/c1-15(9-11-5-3-7-14-11)13(17)10-4-2-6-12(8-10)16(18)19/h2,4,6,8,11,14H,3,5,7,9H2,1H3. The van der Waals surface area contributed by atoms with Gasteiger partial charge in [0, 0.05) is 37.3 Å². The summed E-state index contributed by atoms with van der Waals surface area (Å²) < 4.78 is 0. The molecule has 19 heavy (non-hydrogen) atoms. The van der Waals surface area contributed by atoms with Crippen molar-refractivity contribution >= 4 is 11.6 Å². The lowest BCUT2D eigenvalue weighted by atomic mass is 10.1. The van der Waals surface area contributed by atoms with Crippen LogP contribution in [-0.4, -0.2) is 41.9 Å². The van der Waals surface area contributed by atoms with Gasteiger partial charge in [-0.25, -0.2) is 0 Å². The number of nitro benzene ring substituents is 1. The predicted octanol–water partition coefficient (Wildman–Crippen LogP) is 1.42. The molecule has 0 saturated carbocycles. The first-order valence-electron chi connectivity index (χ1n) is 6.31. The minimum Gasteiger partial charge on any atom is -0.340 e. The van der Waals surface area contributed by atoms with Gasteiger partial charge >= 0.3 is 0 Å². The highest BCUT2D eigenvalue weighted by Gasteiger charge is 2.20. The molecule has 1 aliphatic rings. The maximum atomic E-state index is 12.2. The summed E-state index contributed by atoms with van der Waals surface area (Å²) >= 11 is 0. The summed E-state index contributed by atoms with van der Waals surface area (Å²) in [7, 11) is 1.72. The summed E-state index contributed by atoms with van der Waals surface area (Å²) in [6.45, 7) is 1.62. The van der Waals surface area contributed by atoms with Crippen molar-refractivity contribution in [2.45, 2.75) is 18.9 Å². The highest BCUT2D eigenvalue weighted by atomic mass is 16.6. The molecule has 0 spiro atoms. The minimum absolute atomic E-state index is 0.0572. The van der Waals surface area contributed by atoms with Gasteiger partial charge in [-0.1, -0.05) is 6.07 Å². The van der Waals surface area contributed by atoms with Crippen molar-refractivity contribution in [2.75, 3.05) is 20.1 Å². The molecule has 1 unspecified atom stereocenters. The second kappa shape index (κ2) is 5.79. The Hall–Kier alpha value is -1.95. The third-order valence-corrected chi connectivity index (χ3v) is 3.31. The number of non-ortho nitro benzene ring substituents is 1. The van der Waals surface area contributed by atoms with Crippen molar-refractivity contribution in [3.63, 3.8) is 0 Å². The average molecular weight is 263 g/mol. The zero-order valence-electron chi connectivity index (χ0n) is 10.8. The van der Waals surface area contributed by atoms with Crippen LogP contribution in [0.5, 0.6) is 0 Å². The quantitative estimate of drug-likeness (QED) is 0.658. The zero-order valence-corrected chi connectivity index (χ0v) is 10.8. The molecule has 0 aromatic heterocycles. The van der Waals surface area contributed by atoms with Gasteiger partial charge in [0.15, 0.2) is 0 Å². The number of carbonyl (C=O) groups is 1. The molecule has 102 valence electrons. The molecule has 2 rings (SSSR count). The molecule has 1 amide bonds. The summed E-state index contributed by atoms with van der Waals surface area (Å²) in [5.74, 6) is -0.183. The van der Waals surface area contributed by atoms with Crippen molar-refractivity contribution in [3.8, 4) is 0 Å². The Kier molecular flexibility index (Phi) is 4.11. The van der Waals surface area contributed by atoms with Gasteiger partial charge in [-0.2, -0.15) is 0 Å². The summed E-state index contributed by atoms with van der Waals surface area (Å²) in [5.41, 5.74) is 0.299. The van der Waals surface area contributed by atoms with E-state index in [4.69, 9.17) is 0 Å². The second-order valence-corrected chi connectivity index (χ2v) is 4.79. The van der Waals surface area contributed by atoms with E-state index in [9.17, 15) is 14.9 Å². The summed E-state index contributed by atoms with van der Waals surface area (Å²) in [4.78, 5) is 24.0. The number of likely N-dealkylation sites (N-methyl/N-ethyl adjacent to an activating group) is 1. The van der Waals surface area contributed by atoms with Gasteiger partial charge in [-0.3, -0.25) is 14.9 Å². The Morgan fingerprint density at radius 1 is 1.58 bits per heavy atom. The Morgan fingerprint density at radius 2 is 2.37 bits per heavy atom. The lowest BCUT2D eigenvalue weighted by Crippen LogP contribution is -2.38. The van der Waals surface area contributed by atoms with Crippen LogP contribution in [0, 0.1) is 10.1 Å². The van der Waals surface area contributed by atoms with Crippen LogP contribution in [0.2, 0.25) is 0 Å². The number of nitro groups is 1. The highest BCUT2D eigenvalue weighted by Crippen LogP contribution is 2.15. The van der Waals surface area contributed by atoms with Crippen molar-refractivity contribution in [2.24, 2.45) is 0 Å². The van der Waals surface area contributed by atoms with Crippen LogP contribution in [0.15, 0.2) is 24.3 Å². The Balaban J connectivity index is 2.05. The Morgan fingerprint density at radius 3 is 3.00 bits per heavy atom. The van der Waals surface area contributed by atoms with Crippen molar-refractivity contribution in [1.82, 2.24) is 10.2 Å². The predicted molar refractivity (Wildman–Crippen MR) is 71.1 cm³/mol. The Labute approximate surface area is 111 Å². The number of carbonyl (C=O) groups excluding carboxylic acids is 1. The first-order chi connectivity index (χ1) is 9.08. The molecule has 6 nitrogen and oxygen atoms in total. The van der Waals surface area contributed by atoms with E-state index >= 15 is 0 Å². The molecule has 1 atom stereocenters. The number of rotatable bonds is 4. The molecule has 0 aliphatic carbocycles. The van der Waals surface area contributed by atoms with Gasteiger partial charge in [-0.15, -0.1) is 0 Å². The van der Waals surface area contributed by atoms with Crippen molar-refractivity contribution in [3.05, 3.63) is 39.9 Å². The number of hydrogen-bond donors (Lipinski definition) is 1. The van der Waals surface area contributed by atoms with E-state index in [1.54, 1.807) is 18.0 Å². The molecule has 0 radical (unpaired) electrons. The lowest BCUT2D eigenvalue weighted by molar-refractivity contribution is -0.384. The zero-order chi connectivity index (χ0) is 13.8. The monoisotopic (exact) mass is 263 g/mol. The van der Waals surface area contributed by atoms with Gasteiger partial charge in [0.2, 0.25) is 0 Å². The van der Waals surface area contributed by atoms with E-state index in [2.05, 4.69) is 5.32 Å². The Bertz CT molecular complexity index is 484. The highest BCUT2D eigenvalue weighted by molar-refractivity contribution is 5.94. The SMILES string of the molecule is CN(CC1CCCN1)C(=O)c1cccc([N+](=O)[O-])c1. The molecule has 1 saturated heterocycles. The average Bonchev–Trinajstić information content (AvgIpc) is 2.90. The van der Waals surface area contributed by atoms with Gasteiger partial charge in [0.1, 0.15) is 0 Å². The maximum absolute atomic E-state index is 12.2. The van der Waals surface area contributed by atoms with Crippen molar-refractivity contribution < 1.29 is 9.72 Å². The van der Waals surface area contributed by atoms with Crippen LogP contribution in [0.4, 0.5) is 5.69 Å². The van der Waals surface area contributed by atoms with E-state index < -0.39 is 4.92 Å². The summed E-state index contributed by atoms with van der Waals surface area (Å²) in [6.07, 6.45) is 2.19. The normalized spacial score (nSPS) is 18.3. The van der Waals surface area contributed by atoms with E-state index in [0.29, 0.717) is 18.2 Å². The van der Waals surface area contributed by atoms with Crippen molar-refractivity contribution in [1.29, 1.82) is 0 Å². The smallest absolute Gasteiger partial charge is 0.270 e. The van der Waals surface area contributed by atoms with Crippen LogP contribution in [0.3, 0.4) is 0 Å².